The van der Waals surface area contributed by atoms with E-state index in [9.17, 15) is 24.3 Å². The Balaban J connectivity index is 1.21. The Labute approximate surface area is 285 Å². The van der Waals surface area contributed by atoms with Gasteiger partial charge in [0.1, 0.15) is 17.0 Å². The molecule has 0 radical (unpaired) electrons. The van der Waals surface area contributed by atoms with Gasteiger partial charge in [-0.25, -0.2) is 14.3 Å². The number of aromatic nitrogens is 3. The van der Waals surface area contributed by atoms with Crippen molar-refractivity contribution in [3.8, 4) is 0 Å². The van der Waals surface area contributed by atoms with E-state index < -0.39 is 29.7 Å². The van der Waals surface area contributed by atoms with Gasteiger partial charge < -0.3 is 26.4 Å². The number of carboxylic acids is 1. The molecule has 1 aliphatic carbocycles. The van der Waals surface area contributed by atoms with Crippen LogP contribution in [-0.2, 0) is 12.8 Å². The molecule has 0 saturated heterocycles. The minimum absolute atomic E-state index is 0.000378. The van der Waals surface area contributed by atoms with Crippen molar-refractivity contribution < 1.29 is 24.3 Å². The van der Waals surface area contributed by atoms with Gasteiger partial charge in [0.25, 0.3) is 17.7 Å². The van der Waals surface area contributed by atoms with Crippen LogP contribution in [-0.4, -0.2) is 56.5 Å². The lowest BCUT2D eigenvalue weighted by molar-refractivity contribution is 0.0695. The average Bonchev–Trinajstić information content (AvgIpc) is 3.72. The molecule has 3 amide bonds. The highest BCUT2D eigenvalue weighted by atomic mass is 35.5. The zero-order valence-electron chi connectivity index (χ0n) is 26.4. The second-order valence-corrected chi connectivity index (χ2v) is 12.5. The van der Waals surface area contributed by atoms with Gasteiger partial charge in [0, 0.05) is 18.7 Å². The molecule has 5 aromatic rings. The second kappa shape index (κ2) is 13.1. The van der Waals surface area contributed by atoms with Gasteiger partial charge in [0.2, 0.25) is 0 Å². The molecule has 2 aliphatic rings. The third-order valence-corrected chi connectivity index (χ3v) is 9.54. The summed E-state index contributed by atoms with van der Waals surface area (Å²) < 4.78 is 1.24. The fourth-order valence-corrected chi connectivity index (χ4v) is 6.89. The van der Waals surface area contributed by atoms with E-state index in [-0.39, 0.29) is 40.7 Å². The van der Waals surface area contributed by atoms with Gasteiger partial charge in [0.05, 0.1) is 28.5 Å². The number of nitrogens with zero attached hydrogens (tertiary/aromatic N) is 3. The number of carboxylic acid groups (broad SMARTS) is 1. The minimum Gasteiger partial charge on any atom is -0.478 e. The lowest BCUT2D eigenvalue weighted by Crippen LogP contribution is -2.39. The summed E-state index contributed by atoms with van der Waals surface area (Å²) in [5.74, 6) is -2.64. The first-order chi connectivity index (χ1) is 23.7. The van der Waals surface area contributed by atoms with Crippen molar-refractivity contribution in [3.63, 3.8) is 0 Å². The summed E-state index contributed by atoms with van der Waals surface area (Å²) in [5.41, 5.74) is 5.30. The molecule has 2 atom stereocenters. The zero-order valence-corrected chi connectivity index (χ0v) is 27.2. The molecule has 49 heavy (non-hydrogen) atoms. The van der Waals surface area contributed by atoms with Crippen molar-refractivity contribution >= 4 is 46.6 Å². The highest BCUT2D eigenvalue weighted by Crippen LogP contribution is 2.35. The first-order valence-electron chi connectivity index (χ1n) is 15.9. The molecule has 13 heteroatoms. The number of hydrogen-bond donors (Lipinski definition) is 5. The lowest BCUT2D eigenvalue weighted by atomic mass is 9.94. The standard InChI is InChI=1S/C36H32ClN7O5/c1-19-21-12-13-27(24(21)11-10-22(19)36(48)49)42-35(47)31-16-29(34(46)39-18-30-23-7-3-2-6-20(23)14-15-38-30)41-32-25(17-40-44(31)32)33(45)43-28-9-5-4-8-26(28)37/h2-11,16-17,27,30,38H,12-15,18H2,1H3,(H,39,46)(H,42,47)(H,43,45)(H,48,49)/t27-,30?/m0/s1. The van der Waals surface area contributed by atoms with Crippen LogP contribution in [0.3, 0.4) is 0 Å². The van der Waals surface area contributed by atoms with Gasteiger partial charge in [-0.3, -0.25) is 14.4 Å². The van der Waals surface area contributed by atoms with E-state index in [1.165, 1.54) is 22.3 Å². The first-order valence-corrected chi connectivity index (χ1v) is 16.3. The van der Waals surface area contributed by atoms with Crippen molar-refractivity contribution in [1.29, 1.82) is 0 Å². The molecule has 0 bridgehead atoms. The van der Waals surface area contributed by atoms with E-state index in [0.29, 0.717) is 29.1 Å². The Bertz CT molecular complexity index is 2160. The maximum absolute atomic E-state index is 14.0. The molecule has 2 aromatic heterocycles. The summed E-state index contributed by atoms with van der Waals surface area (Å²) in [6.45, 7) is 2.82. The molecule has 0 spiro atoms. The monoisotopic (exact) mass is 677 g/mol. The molecule has 1 aliphatic heterocycles. The van der Waals surface area contributed by atoms with Crippen LogP contribution in [0.25, 0.3) is 5.65 Å². The van der Waals surface area contributed by atoms with E-state index >= 15 is 0 Å². The number of hydrogen-bond acceptors (Lipinski definition) is 7. The maximum Gasteiger partial charge on any atom is 0.335 e. The molecular formula is C36H32ClN7O5. The number of aromatic carboxylic acids is 1. The number of anilines is 1. The Morgan fingerprint density at radius 2 is 1.76 bits per heavy atom. The number of rotatable bonds is 8. The van der Waals surface area contributed by atoms with Crippen molar-refractivity contribution in [3.05, 3.63) is 128 Å². The molecule has 3 aromatic carbocycles. The summed E-state index contributed by atoms with van der Waals surface area (Å²) in [5, 5.41) is 26.4. The molecule has 1 unspecified atom stereocenters. The largest absolute Gasteiger partial charge is 0.478 e. The van der Waals surface area contributed by atoms with E-state index in [4.69, 9.17) is 11.6 Å². The molecule has 3 heterocycles. The van der Waals surface area contributed by atoms with Gasteiger partial charge in [-0.2, -0.15) is 5.10 Å². The number of para-hydroxylation sites is 1. The number of halogens is 1. The summed E-state index contributed by atoms with van der Waals surface area (Å²) >= 11 is 6.27. The highest BCUT2D eigenvalue weighted by Gasteiger charge is 2.30. The predicted molar refractivity (Wildman–Crippen MR) is 182 cm³/mol. The lowest BCUT2D eigenvalue weighted by Gasteiger charge is -2.27. The number of fused-ring (bicyclic) bond motifs is 3. The summed E-state index contributed by atoms with van der Waals surface area (Å²) in [4.78, 5) is 57.3. The van der Waals surface area contributed by atoms with Crippen molar-refractivity contribution in [1.82, 2.24) is 30.5 Å². The first kappa shape index (κ1) is 32.0. The highest BCUT2D eigenvalue weighted by molar-refractivity contribution is 6.34. The van der Waals surface area contributed by atoms with Crippen LogP contribution in [0.1, 0.15) is 88.0 Å². The summed E-state index contributed by atoms with van der Waals surface area (Å²) in [6, 6.07) is 18.9. The van der Waals surface area contributed by atoms with E-state index in [0.717, 1.165) is 29.7 Å². The van der Waals surface area contributed by atoms with Gasteiger partial charge in [-0.05, 0) is 78.7 Å². The molecule has 5 N–H and O–H groups in total. The molecular weight excluding hydrogens is 646 g/mol. The van der Waals surface area contributed by atoms with Gasteiger partial charge >= 0.3 is 5.97 Å². The van der Waals surface area contributed by atoms with Gasteiger partial charge in [-0.1, -0.05) is 54.1 Å². The number of nitrogens with one attached hydrogen (secondary N) is 4. The van der Waals surface area contributed by atoms with Crippen molar-refractivity contribution in [2.24, 2.45) is 0 Å². The third kappa shape index (κ3) is 6.12. The number of benzene rings is 3. The summed E-state index contributed by atoms with van der Waals surface area (Å²) in [6.07, 6.45) is 3.34. The number of amides is 3. The van der Waals surface area contributed by atoms with E-state index in [1.807, 2.05) is 18.2 Å². The van der Waals surface area contributed by atoms with E-state index in [1.54, 1.807) is 43.3 Å². The van der Waals surface area contributed by atoms with Crippen molar-refractivity contribution in [2.45, 2.75) is 38.3 Å². The number of carbonyl (C=O) groups excluding carboxylic acids is 3. The molecule has 12 nitrogen and oxygen atoms in total. The van der Waals surface area contributed by atoms with Gasteiger partial charge in [0.15, 0.2) is 5.65 Å². The molecule has 0 fully saturated rings. The van der Waals surface area contributed by atoms with Crippen molar-refractivity contribution in [2.75, 3.05) is 18.4 Å². The zero-order chi connectivity index (χ0) is 34.2. The topological polar surface area (TPSA) is 167 Å². The van der Waals surface area contributed by atoms with Crippen LogP contribution >= 0.6 is 11.6 Å². The van der Waals surface area contributed by atoms with E-state index in [2.05, 4.69) is 37.4 Å². The number of carbonyl (C=O) groups is 4. The van der Waals surface area contributed by atoms with Crippen LogP contribution in [0, 0.1) is 6.92 Å². The van der Waals surface area contributed by atoms with Crippen LogP contribution in [0.5, 0.6) is 0 Å². The van der Waals surface area contributed by atoms with Crippen LogP contribution in [0.2, 0.25) is 5.02 Å². The maximum atomic E-state index is 14.0. The fourth-order valence-electron chi connectivity index (χ4n) is 6.71. The van der Waals surface area contributed by atoms with Gasteiger partial charge in [-0.15, -0.1) is 0 Å². The van der Waals surface area contributed by atoms with Crippen LogP contribution < -0.4 is 21.3 Å². The predicted octanol–water partition coefficient (Wildman–Crippen LogP) is 4.68. The Kier molecular flexibility index (Phi) is 8.57. The molecule has 248 valence electrons. The smallest absolute Gasteiger partial charge is 0.335 e. The average molecular weight is 678 g/mol. The second-order valence-electron chi connectivity index (χ2n) is 12.1. The van der Waals surface area contributed by atoms with Crippen LogP contribution in [0.4, 0.5) is 5.69 Å². The third-order valence-electron chi connectivity index (χ3n) is 9.21. The Morgan fingerprint density at radius 1 is 0.959 bits per heavy atom. The fraction of sp³-hybridized carbons (Fsp3) is 0.222. The normalized spacial score (nSPS) is 16.4. The van der Waals surface area contributed by atoms with Crippen LogP contribution in [0.15, 0.2) is 72.9 Å². The summed E-state index contributed by atoms with van der Waals surface area (Å²) in [7, 11) is 0. The molecule has 0 saturated carbocycles. The molecule has 7 rings (SSSR count). The quantitative estimate of drug-likeness (QED) is 0.158. The minimum atomic E-state index is -1.01. The Hall–Kier alpha value is -5.59. The Morgan fingerprint density at radius 3 is 2.57 bits per heavy atom. The SMILES string of the molecule is Cc1c(C(=O)O)ccc2c1CC[C@@H]2NC(=O)c1cc(C(=O)NCC2NCCc3ccccc32)nc2c(C(=O)Nc3ccccc3Cl)cnn12.